The number of nitrogens with zero attached hydrogens (tertiary/aromatic N) is 1. The third-order valence-corrected chi connectivity index (χ3v) is 2.26. The average molecular weight is 248 g/mol. The molecule has 0 aromatic heterocycles. The summed E-state index contributed by atoms with van der Waals surface area (Å²) in [4.78, 5) is 9.96. The molecule has 0 atom stereocenters. The SMILES string of the molecule is Nc1cc([N+](=O)[O-])ccc1Oc1ccccc1F. The van der Waals surface area contributed by atoms with Crippen LogP contribution in [-0.2, 0) is 0 Å². The molecule has 2 aromatic carbocycles. The number of rotatable bonds is 3. The fourth-order valence-corrected chi connectivity index (χ4v) is 1.39. The van der Waals surface area contributed by atoms with Gasteiger partial charge < -0.3 is 10.5 Å². The molecule has 0 saturated heterocycles. The first-order chi connectivity index (χ1) is 8.58. The number of ether oxygens (including phenoxy) is 1. The molecule has 0 aliphatic heterocycles. The Labute approximate surface area is 102 Å². The highest BCUT2D eigenvalue weighted by atomic mass is 19.1. The number of nitro groups is 1. The van der Waals surface area contributed by atoms with Gasteiger partial charge in [0.2, 0.25) is 0 Å². The first-order valence-corrected chi connectivity index (χ1v) is 5.04. The van der Waals surface area contributed by atoms with Crippen LogP contribution < -0.4 is 10.5 Å². The van der Waals surface area contributed by atoms with Crippen molar-refractivity contribution in [1.82, 2.24) is 0 Å². The third kappa shape index (κ3) is 2.37. The summed E-state index contributed by atoms with van der Waals surface area (Å²) in [5.41, 5.74) is 5.54. The Morgan fingerprint density at radius 3 is 2.50 bits per heavy atom. The number of benzene rings is 2. The van der Waals surface area contributed by atoms with E-state index < -0.39 is 10.7 Å². The smallest absolute Gasteiger partial charge is 0.271 e. The van der Waals surface area contributed by atoms with Crippen molar-refractivity contribution < 1.29 is 14.1 Å². The lowest BCUT2D eigenvalue weighted by atomic mass is 10.2. The molecular formula is C12H9FN2O3. The minimum atomic E-state index is -0.566. The summed E-state index contributed by atoms with van der Waals surface area (Å²) in [6.07, 6.45) is 0. The molecule has 0 aliphatic rings. The van der Waals surface area contributed by atoms with Crippen LogP contribution in [0.25, 0.3) is 0 Å². The molecule has 0 saturated carbocycles. The second-order valence-corrected chi connectivity index (χ2v) is 3.51. The van der Waals surface area contributed by atoms with Gasteiger partial charge in [0.25, 0.3) is 5.69 Å². The molecule has 92 valence electrons. The minimum absolute atomic E-state index is 0.0121. The molecule has 5 nitrogen and oxygen atoms in total. The van der Waals surface area contributed by atoms with Crippen LogP contribution in [0.1, 0.15) is 0 Å². The highest BCUT2D eigenvalue weighted by molar-refractivity contribution is 5.59. The average Bonchev–Trinajstić information content (AvgIpc) is 2.34. The van der Waals surface area contributed by atoms with Crippen molar-refractivity contribution in [2.45, 2.75) is 0 Å². The highest BCUT2D eigenvalue weighted by Crippen LogP contribution is 2.31. The fraction of sp³-hybridized carbons (Fsp3) is 0. The van der Waals surface area contributed by atoms with Crippen LogP contribution in [0.4, 0.5) is 15.8 Å². The van der Waals surface area contributed by atoms with E-state index in [1.807, 2.05) is 0 Å². The van der Waals surface area contributed by atoms with E-state index >= 15 is 0 Å². The lowest BCUT2D eigenvalue weighted by Crippen LogP contribution is -1.96. The van der Waals surface area contributed by atoms with Crippen molar-refractivity contribution >= 4 is 11.4 Å². The normalized spacial score (nSPS) is 10.1. The van der Waals surface area contributed by atoms with Crippen LogP contribution in [0.5, 0.6) is 11.5 Å². The van der Waals surface area contributed by atoms with Crippen molar-refractivity contribution in [3.05, 3.63) is 58.4 Å². The van der Waals surface area contributed by atoms with Crippen molar-refractivity contribution in [3.63, 3.8) is 0 Å². The fourth-order valence-electron chi connectivity index (χ4n) is 1.39. The van der Waals surface area contributed by atoms with Gasteiger partial charge in [0.1, 0.15) is 0 Å². The maximum atomic E-state index is 13.3. The van der Waals surface area contributed by atoms with Gasteiger partial charge >= 0.3 is 0 Å². The molecule has 0 aliphatic carbocycles. The molecule has 6 heteroatoms. The second-order valence-electron chi connectivity index (χ2n) is 3.51. The van der Waals surface area contributed by atoms with Crippen LogP contribution in [0.3, 0.4) is 0 Å². The Balaban J connectivity index is 2.30. The van der Waals surface area contributed by atoms with Crippen molar-refractivity contribution in [2.75, 3.05) is 5.73 Å². The van der Waals surface area contributed by atoms with E-state index in [1.165, 1.54) is 30.3 Å². The lowest BCUT2D eigenvalue weighted by molar-refractivity contribution is -0.384. The van der Waals surface area contributed by atoms with Gasteiger partial charge in [0, 0.05) is 12.1 Å². The molecule has 2 N–H and O–H groups in total. The zero-order valence-electron chi connectivity index (χ0n) is 9.17. The van der Waals surface area contributed by atoms with Gasteiger partial charge in [-0.05, 0) is 18.2 Å². The number of anilines is 1. The molecule has 0 spiro atoms. The molecule has 0 amide bonds. The number of nitro benzene ring substituents is 1. The summed E-state index contributed by atoms with van der Waals surface area (Å²) in [5, 5.41) is 10.5. The van der Waals surface area contributed by atoms with E-state index in [0.29, 0.717) is 0 Å². The van der Waals surface area contributed by atoms with Gasteiger partial charge in [-0.1, -0.05) is 12.1 Å². The molecule has 0 bridgehead atoms. The summed E-state index contributed by atoms with van der Waals surface area (Å²) in [5.74, 6) is -0.348. The molecule has 0 fully saturated rings. The number of para-hydroxylation sites is 1. The molecule has 2 aromatic rings. The summed E-state index contributed by atoms with van der Waals surface area (Å²) in [7, 11) is 0. The quantitative estimate of drug-likeness (QED) is 0.514. The Morgan fingerprint density at radius 1 is 1.17 bits per heavy atom. The van der Waals surface area contributed by atoms with Crippen LogP contribution in [-0.4, -0.2) is 4.92 Å². The molecular weight excluding hydrogens is 239 g/mol. The standard InChI is InChI=1S/C12H9FN2O3/c13-9-3-1-2-4-11(9)18-12-6-5-8(15(16)17)7-10(12)14/h1-7H,14H2. The van der Waals surface area contributed by atoms with Gasteiger partial charge in [0.15, 0.2) is 17.3 Å². The number of hydrogen-bond donors (Lipinski definition) is 1. The van der Waals surface area contributed by atoms with E-state index in [1.54, 1.807) is 6.07 Å². The van der Waals surface area contributed by atoms with E-state index in [9.17, 15) is 14.5 Å². The predicted molar refractivity (Wildman–Crippen MR) is 64.0 cm³/mol. The van der Waals surface area contributed by atoms with Gasteiger partial charge in [-0.25, -0.2) is 4.39 Å². The number of hydrogen-bond acceptors (Lipinski definition) is 4. The Bertz CT molecular complexity index is 602. The van der Waals surface area contributed by atoms with Crippen molar-refractivity contribution in [2.24, 2.45) is 0 Å². The summed E-state index contributed by atoms with van der Waals surface area (Å²) >= 11 is 0. The first-order valence-electron chi connectivity index (χ1n) is 5.04. The van der Waals surface area contributed by atoms with Crippen LogP contribution in [0, 0.1) is 15.9 Å². The molecule has 0 radical (unpaired) electrons. The predicted octanol–water partition coefficient (Wildman–Crippen LogP) is 3.11. The third-order valence-electron chi connectivity index (χ3n) is 2.26. The zero-order chi connectivity index (χ0) is 13.1. The van der Waals surface area contributed by atoms with Crippen LogP contribution in [0.15, 0.2) is 42.5 Å². The maximum absolute atomic E-state index is 13.3. The van der Waals surface area contributed by atoms with Gasteiger partial charge in [-0.2, -0.15) is 0 Å². The van der Waals surface area contributed by atoms with E-state index in [4.69, 9.17) is 10.5 Å². The van der Waals surface area contributed by atoms with E-state index in [0.717, 1.165) is 6.07 Å². The van der Waals surface area contributed by atoms with Crippen LogP contribution in [0.2, 0.25) is 0 Å². The topological polar surface area (TPSA) is 78.4 Å². The number of non-ortho nitro benzene ring substituents is 1. The Morgan fingerprint density at radius 2 is 1.89 bits per heavy atom. The summed E-state index contributed by atoms with van der Waals surface area (Å²) in [6, 6.07) is 9.57. The lowest BCUT2D eigenvalue weighted by Gasteiger charge is -2.08. The molecule has 2 rings (SSSR count). The number of halogens is 1. The highest BCUT2D eigenvalue weighted by Gasteiger charge is 2.11. The van der Waals surface area contributed by atoms with Gasteiger partial charge in [0.05, 0.1) is 10.6 Å². The number of nitrogens with two attached hydrogens (primary N) is 1. The maximum Gasteiger partial charge on any atom is 0.271 e. The Hall–Kier alpha value is -2.63. The van der Waals surface area contributed by atoms with Gasteiger partial charge in [-0.3, -0.25) is 10.1 Å². The monoisotopic (exact) mass is 248 g/mol. The molecule has 0 unspecified atom stereocenters. The largest absolute Gasteiger partial charge is 0.452 e. The number of nitrogen functional groups attached to an aromatic ring is 1. The van der Waals surface area contributed by atoms with Gasteiger partial charge in [-0.15, -0.1) is 0 Å². The Kier molecular flexibility index (Phi) is 3.09. The van der Waals surface area contributed by atoms with Crippen molar-refractivity contribution in [3.8, 4) is 11.5 Å². The minimum Gasteiger partial charge on any atom is -0.452 e. The zero-order valence-corrected chi connectivity index (χ0v) is 9.17. The van der Waals surface area contributed by atoms with E-state index in [2.05, 4.69) is 0 Å². The molecule has 0 heterocycles. The molecule has 18 heavy (non-hydrogen) atoms. The summed E-state index contributed by atoms with van der Waals surface area (Å²) < 4.78 is 18.6. The van der Waals surface area contributed by atoms with E-state index in [-0.39, 0.29) is 22.9 Å². The van der Waals surface area contributed by atoms with Crippen LogP contribution >= 0.6 is 0 Å². The van der Waals surface area contributed by atoms with Crippen molar-refractivity contribution in [1.29, 1.82) is 0 Å². The second kappa shape index (κ2) is 4.70. The summed E-state index contributed by atoms with van der Waals surface area (Å²) in [6.45, 7) is 0. The first kappa shape index (κ1) is 11.8.